The van der Waals surface area contributed by atoms with Crippen LogP contribution >= 0.6 is 0 Å². The molecule has 0 bridgehead atoms. The van der Waals surface area contributed by atoms with Gasteiger partial charge in [-0.15, -0.1) is 0 Å². The standard InChI is InChI=1S/C11H24N2/c1-9-5-4-6-10(7-9)11(12)8-13(2)3/h9-11H,4-8,12H2,1-3H3. The molecule has 0 saturated heterocycles. The second kappa shape index (κ2) is 4.97. The molecule has 78 valence electrons. The number of nitrogens with zero attached hydrogens (tertiary/aromatic N) is 1. The van der Waals surface area contributed by atoms with E-state index in [1.165, 1.54) is 25.7 Å². The summed E-state index contributed by atoms with van der Waals surface area (Å²) in [6.07, 6.45) is 5.48. The maximum Gasteiger partial charge on any atom is 0.0196 e. The summed E-state index contributed by atoms with van der Waals surface area (Å²) in [4.78, 5) is 2.20. The first kappa shape index (κ1) is 11.0. The normalized spacial score (nSPS) is 32.1. The van der Waals surface area contributed by atoms with E-state index in [-0.39, 0.29) is 0 Å². The first-order chi connectivity index (χ1) is 6.09. The average molecular weight is 184 g/mol. The molecule has 2 N–H and O–H groups in total. The van der Waals surface area contributed by atoms with Crippen LogP contribution in [0, 0.1) is 11.8 Å². The topological polar surface area (TPSA) is 29.3 Å². The first-order valence-corrected chi connectivity index (χ1v) is 5.50. The summed E-state index contributed by atoms with van der Waals surface area (Å²) >= 11 is 0. The SMILES string of the molecule is CC1CCCC(C(N)CN(C)C)C1. The largest absolute Gasteiger partial charge is 0.326 e. The molecule has 3 atom stereocenters. The molecular formula is C11H24N2. The van der Waals surface area contributed by atoms with E-state index >= 15 is 0 Å². The van der Waals surface area contributed by atoms with Crippen LogP contribution in [0.1, 0.15) is 32.6 Å². The summed E-state index contributed by atoms with van der Waals surface area (Å²) in [7, 11) is 4.21. The Balaban J connectivity index is 2.32. The predicted molar refractivity (Wildman–Crippen MR) is 57.7 cm³/mol. The zero-order valence-electron chi connectivity index (χ0n) is 9.29. The van der Waals surface area contributed by atoms with Crippen LogP contribution in [0.4, 0.5) is 0 Å². The van der Waals surface area contributed by atoms with Gasteiger partial charge in [0.15, 0.2) is 0 Å². The van der Waals surface area contributed by atoms with Gasteiger partial charge >= 0.3 is 0 Å². The summed E-state index contributed by atoms with van der Waals surface area (Å²) < 4.78 is 0. The smallest absolute Gasteiger partial charge is 0.0196 e. The minimum Gasteiger partial charge on any atom is -0.326 e. The molecular weight excluding hydrogens is 160 g/mol. The summed E-state index contributed by atoms with van der Waals surface area (Å²) in [5.74, 6) is 1.66. The molecule has 0 radical (unpaired) electrons. The van der Waals surface area contributed by atoms with E-state index in [4.69, 9.17) is 5.73 Å². The van der Waals surface area contributed by atoms with Gasteiger partial charge in [0.25, 0.3) is 0 Å². The van der Waals surface area contributed by atoms with Crippen molar-refractivity contribution in [3.05, 3.63) is 0 Å². The van der Waals surface area contributed by atoms with E-state index in [9.17, 15) is 0 Å². The van der Waals surface area contributed by atoms with Gasteiger partial charge in [-0.05, 0) is 38.8 Å². The van der Waals surface area contributed by atoms with E-state index < -0.39 is 0 Å². The van der Waals surface area contributed by atoms with E-state index in [1.54, 1.807) is 0 Å². The Morgan fingerprint density at radius 3 is 2.62 bits per heavy atom. The van der Waals surface area contributed by atoms with Gasteiger partial charge in [-0.3, -0.25) is 0 Å². The van der Waals surface area contributed by atoms with Crippen molar-refractivity contribution < 1.29 is 0 Å². The van der Waals surface area contributed by atoms with Gasteiger partial charge < -0.3 is 10.6 Å². The van der Waals surface area contributed by atoms with Crippen molar-refractivity contribution in [3.8, 4) is 0 Å². The van der Waals surface area contributed by atoms with Crippen molar-refractivity contribution in [1.82, 2.24) is 4.90 Å². The summed E-state index contributed by atoms with van der Waals surface area (Å²) in [5.41, 5.74) is 6.17. The fourth-order valence-electron chi connectivity index (χ4n) is 2.44. The monoisotopic (exact) mass is 184 g/mol. The Morgan fingerprint density at radius 2 is 2.08 bits per heavy atom. The molecule has 0 aliphatic heterocycles. The van der Waals surface area contributed by atoms with Crippen molar-refractivity contribution in [3.63, 3.8) is 0 Å². The minimum absolute atomic E-state index is 0.387. The molecule has 1 rings (SSSR count). The number of rotatable bonds is 3. The molecule has 0 amide bonds. The van der Waals surface area contributed by atoms with Gasteiger partial charge in [-0.2, -0.15) is 0 Å². The number of hydrogen-bond acceptors (Lipinski definition) is 2. The van der Waals surface area contributed by atoms with Crippen LogP contribution in [0.15, 0.2) is 0 Å². The van der Waals surface area contributed by atoms with E-state index in [2.05, 4.69) is 25.9 Å². The lowest BCUT2D eigenvalue weighted by atomic mass is 9.79. The van der Waals surface area contributed by atoms with Gasteiger partial charge in [0.05, 0.1) is 0 Å². The van der Waals surface area contributed by atoms with Crippen LogP contribution in [0.3, 0.4) is 0 Å². The van der Waals surface area contributed by atoms with Crippen molar-refractivity contribution in [2.75, 3.05) is 20.6 Å². The molecule has 1 aliphatic rings. The van der Waals surface area contributed by atoms with Crippen molar-refractivity contribution in [2.45, 2.75) is 38.6 Å². The molecule has 0 aromatic carbocycles. The highest BCUT2D eigenvalue weighted by Gasteiger charge is 2.24. The van der Waals surface area contributed by atoms with Crippen molar-refractivity contribution >= 4 is 0 Å². The fourth-order valence-corrected chi connectivity index (χ4v) is 2.44. The van der Waals surface area contributed by atoms with E-state index in [0.717, 1.165) is 18.4 Å². The van der Waals surface area contributed by atoms with Crippen LogP contribution in [-0.2, 0) is 0 Å². The second-order valence-corrected chi connectivity index (χ2v) is 4.96. The number of hydrogen-bond donors (Lipinski definition) is 1. The van der Waals surface area contributed by atoms with Crippen molar-refractivity contribution in [2.24, 2.45) is 17.6 Å². The molecule has 0 spiro atoms. The lowest BCUT2D eigenvalue weighted by molar-refractivity contribution is 0.217. The third-order valence-electron chi connectivity index (χ3n) is 3.16. The fraction of sp³-hybridized carbons (Fsp3) is 1.00. The predicted octanol–water partition coefficient (Wildman–Crippen LogP) is 1.70. The second-order valence-electron chi connectivity index (χ2n) is 4.96. The molecule has 0 heterocycles. The molecule has 3 unspecified atom stereocenters. The van der Waals surface area contributed by atoms with Crippen LogP contribution < -0.4 is 5.73 Å². The number of nitrogens with two attached hydrogens (primary N) is 1. The highest BCUT2D eigenvalue weighted by Crippen LogP contribution is 2.30. The molecule has 2 heteroatoms. The lowest BCUT2D eigenvalue weighted by Gasteiger charge is -2.32. The first-order valence-electron chi connectivity index (χ1n) is 5.50. The Bertz CT molecular complexity index is 145. The Kier molecular flexibility index (Phi) is 4.20. The van der Waals surface area contributed by atoms with E-state index in [1.807, 2.05) is 0 Å². The molecule has 1 fully saturated rings. The molecule has 0 aromatic rings. The number of likely N-dealkylation sites (N-methyl/N-ethyl adjacent to an activating group) is 1. The van der Waals surface area contributed by atoms with Crippen LogP contribution in [-0.4, -0.2) is 31.6 Å². The molecule has 2 nitrogen and oxygen atoms in total. The Hall–Kier alpha value is -0.0800. The molecule has 0 aromatic heterocycles. The van der Waals surface area contributed by atoms with Crippen molar-refractivity contribution in [1.29, 1.82) is 0 Å². The highest BCUT2D eigenvalue weighted by atomic mass is 15.1. The molecule has 1 saturated carbocycles. The minimum atomic E-state index is 0.387. The molecule has 1 aliphatic carbocycles. The Morgan fingerprint density at radius 1 is 1.38 bits per heavy atom. The van der Waals surface area contributed by atoms with Gasteiger partial charge in [-0.1, -0.05) is 19.8 Å². The highest BCUT2D eigenvalue weighted by molar-refractivity contribution is 4.80. The maximum atomic E-state index is 6.17. The average Bonchev–Trinajstić information content (AvgIpc) is 2.03. The zero-order chi connectivity index (χ0) is 9.84. The Labute approximate surface area is 82.5 Å². The summed E-state index contributed by atoms with van der Waals surface area (Å²) in [5, 5.41) is 0. The zero-order valence-corrected chi connectivity index (χ0v) is 9.29. The lowest BCUT2D eigenvalue weighted by Crippen LogP contribution is -2.41. The van der Waals surface area contributed by atoms with E-state index in [0.29, 0.717) is 6.04 Å². The van der Waals surface area contributed by atoms with Crippen LogP contribution in [0.25, 0.3) is 0 Å². The quantitative estimate of drug-likeness (QED) is 0.723. The van der Waals surface area contributed by atoms with Gasteiger partial charge in [0, 0.05) is 12.6 Å². The van der Waals surface area contributed by atoms with Crippen LogP contribution in [0.5, 0.6) is 0 Å². The molecule has 13 heavy (non-hydrogen) atoms. The maximum absolute atomic E-state index is 6.17. The van der Waals surface area contributed by atoms with Crippen LogP contribution in [0.2, 0.25) is 0 Å². The summed E-state index contributed by atoms with van der Waals surface area (Å²) in [6, 6.07) is 0.387. The van der Waals surface area contributed by atoms with Gasteiger partial charge in [0.2, 0.25) is 0 Å². The third kappa shape index (κ3) is 3.65. The van der Waals surface area contributed by atoms with Gasteiger partial charge in [-0.25, -0.2) is 0 Å². The summed E-state index contributed by atoms with van der Waals surface area (Å²) in [6.45, 7) is 3.39. The third-order valence-corrected chi connectivity index (χ3v) is 3.16. The van der Waals surface area contributed by atoms with Gasteiger partial charge in [0.1, 0.15) is 0 Å².